The summed E-state index contributed by atoms with van der Waals surface area (Å²) in [5.41, 5.74) is 2.23. The van der Waals surface area contributed by atoms with Crippen LogP contribution in [-0.4, -0.2) is 55.8 Å². The molecule has 0 radical (unpaired) electrons. The van der Waals surface area contributed by atoms with Gasteiger partial charge in [-0.05, 0) is 48.9 Å². The number of aromatic nitrogens is 2. The molecule has 7 nitrogen and oxygen atoms in total. The van der Waals surface area contributed by atoms with E-state index in [9.17, 15) is 0 Å². The van der Waals surface area contributed by atoms with Crippen LogP contribution >= 0.6 is 24.0 Å². The Kier molecular flexibility index (Phi) is 11.0. The van der Waals surface area contributed by atoms with E-state index < -0.39 is 0 Å². The van der Waals surface area contributed by atoms with Gasteiger partial charge in [0.2, 0.25) is 0 Å². The van der Waals surface area contributed by atoms with Crippen molar-refractivity contribution in [3.8, 4) is 5.69 Å². The molecule has 2 heterocycles. The molecule has 160 valence electrons. The number of rotatable bonds is 9. The lowest BCUT2D eigenvalue weighted by Crippen LogP contribution is -2.37. The Morgan fingerprint density at radius 3 is 2.90 bits per heavy atom. The van der Waals surface area contributed by atoms with E-state index in [4.69, 9.17) is 9.47 Å². The number of aliphatic imine (C=N–C) groups is 1. The number of nitrogens with one attached hydrogen (secondary N) is 2. The van der Waals surface area contributed by atoms with Crippen LogP contribution in [0.5, 0.6) is 0 Å². The largest absolute Gasteiger partial charge is 0.381 e. The van der Waals surface area contributed by atoms with Crippen molar-refractivity contribution >= 4 is 29.9 Å². The zero-order valence-corrected chi connectivity index (χ0v) is 19.4. The summed E-state index contributed by atoms with van der Waals surface area (Å²) in [6.45, 7) is 4.91. The molecule has 1 fully saturated rings. The molecule has 1 saturated heterocycles. The molecule has 0 unspecified atom stereocenters. The highest BCUT2D eigenvalue weighted by atomic mass is 127. The molecule has 2 aromatic rings. The van der Waals surface area contributed by atoms with E-state index in [0.717, 1.165) is 63.9 Å². The fourth-order valence-corrected chi connectivity index (χ4v) is 3.18. The lowest BCUT2D eigenvalue weighted by atomic mass is 10.0. The summed E-state index contributed by atoms with van der Waals surface area (Å²) in [5.74, 6) is 1.46. The second-order valence-electron chi connectivity index (χ2n) is 6.96. The van der Waals surface area contributed by atoms with Gasteiger partial charge in [0.15, 0.2) is 5.96 Å². The van der Waals surface area contributed by atoms with Crippen LogP contribution in [-0.2, 0) is 16.0 Å². The molecule has 3 rings (SSSR count). The second kappa shape index (κ2) is 13.6. The number of nitrogens with zero attached hydrogens (tertiary/aromatic N) is 3. The smallest absolute Gasteiger partial charge is 0.191 e. The quantitative estimate of drug-likeness (QED) is 0.234. The first-order chi connectivity index (χ1) is 13.8. The van der Waals surface area contributed by atoms with Gasteiger partial charge in [-0.3, -0.25) is 4.99 Å². The van der Waals surface area contributed by atoms with Crippen molar-refractivity contribution in [2.24, 2.45) is 10.9 Å². The van der Waals surface area contributed by atoms with Crippen LogP contribution in [0.2, 0.25) is 0 Å². The molecule has 0 amide bonds. The van der Waals surface area contributed by atoms with Gasteiger partial charge in [-0.25, -0.2) is 4.68 Å². The molecule has 29 heavy (non-hydrogen) atoms. The average Bonchev–Trinajstić information content (AvgIpc) is 3.29. The summed E-state index contributed by atoms with van der Waals surface area (Å²) < 4.78 is 13.0. The fraction of sp³-hybridized carbons (Fsp3) is 0.524. The highest BCUT2D eigenvalue weighted by molar-refractivity contribution is 14.0. The summed E-state index contributed by atoms with van der Waals surface area (Å²) in [6, 6.07) is 10.2. The molecule has 1 aromatic heterocycles. The van der Waals surface area contributed by atoms with Crippen LogP contribution < -0.4 is 10.6 Å². The standard InChI is InChI=1S/C21H31N5O2.HI/c1-22-21(23-9-4-12-28-17-18-7-13-27-14-8-18)24-16-19-5-2-6-20(15-19)26-11-3-10-25-26;/h2-3,5-6,10-11,15,18H,4,7-9,12-14,16-17H2,1H3,(H2,22,23,24);1H. The number of benzene rings is 1. The summed E-state index contributed by atoms with van der Waals surface area (Å²) in [7, 11) is 1.79. The summed E-state index contributed by atoms with van der Waals surface area (Å²) in [5, 5.41) is 11.0. The van der Waals surface area contributed by atoms with Gasteiger partial charge in [0.1, 0.15) is 0 Å². The van der Waals surface area contributed by atoms with E-state index in [2.05, 4.69) is 32.9 Å². The molecular formula is C21H32IN5O2. The summed E-state index contributed by atoms with van der Waals surface area (Å²) in [6.07, 6.45) is 6.92. The summed E-state index contributed by atoms with van der Waals surface area (Å²) in [4.78, 5) is 4.29. The molecule has 0 aliphatic carbocycles. The number of hydrogen-bond acceptors (Lipinski definition) is 4. The number of ether oxygens (including phenoxy) is 2. The Balaban J connectivity index is 0.00000300. The molecule has 0 bridgehead atoms. The van der Waals surface area contributed by atoms with E-state index in [1.165, 1.54) is 5.56 Å². The maximum absolute atomic E-state index is 5.80. The maximum Gasteiger partial charge on any atom is 0.191 e. The molecular weight excluding hydrogens is 481 g/mol. The molecule has 0 saturated carbocycles. The van der Waals surface area contributed by atoms with Crippen molar-refractivity contribution in [1.82, 2.24) is 20.4 Å². The topological polar surface area (TPSA) is 72.7 Å². The van der Waals surface area contributed by atoms with Crippen LogP contribution in [0.4, 0.5) is 0 Å². The van der Waals surface area contributed by atoms with Crippen molar-refractivity contribution < 1.29 is 9.47 Å². The number of halogens is 1. The van der Waals surface area contributed by atoms with Crippen LogP contribution in [0.25, 0.3) is 5.69 Å². The Bertz CT molecular complexity index is 718. The SMILES string of the molecule is CN=C(NCCCOCC1CCOCC1)NCc1cccc(-n2cccn2)c1.I. The average molecular weight is 513 g/mol. The lowest BCUT2D eigenvalue weighted by molar-refractivity contribution is 0.0203. The third-order valence-electron chi connectivity index (χ3n) is 4.82. The Morgan fingerprint density at radius 1 is 1.28 bits per heavy atom. The van der Waals surface area contributed by atoms with E-state index in [0.29, 0.717) is 12.5 Å². The summed E-state index contributed by atoms with van der Waals surface area (Å²) >= 11 is 0. The minimum atomic E-state index is 0. The first-order valence-corrected chi connectivity index (χ1v) is 10.0. The minimum Gasteiger partial charge on any atom is -0.381 e. The molecule has 1 aliphatic rings. The second-order valence-corrected chi connectivity index (χ2v) is 6.96. The zero-order valence-electron chi connectivity index (χ0n) is 17.0. The highest BCUT2D eigenvalue weighted by Crippen LogP contribution is 2.14. The Hall–Kier alpha value is -1.65. The van der Waals surface area contributed by atoms with Crippen LogP contribution in [0, 0.1) is 5.92 Å². The van der Waals surface area contributed by atoms with Crippen LogP contribution in [0.15, 0.2) is 47.7 Å². The lowest BCUT2D eigenvalue weighted by Gasteiger charge is -2.21. The maximum atomic E-state index is 5.80. The molecule has 1 aromatic carbocycles. The van der Waals surface area contributed by atoms with Gasteiger partial charge in [-0.1, -0.05) is 12.1 Å². The molecule has 0 spiro atoms. The Labute approximate surface area is 190 Å². The number of guanidine groups is 1. The molecule has 2 N–H and O–H groups in total. The van der Waals surface area contributed by atoms with Crippen molar-refractivity contribution in [2.45, 2.75) is 25.8 Å². The van der Waals surface area contributed by atoms with Crippen molar-refractivity contribution in [2.75, 3.05) is 40.0 Å². The zero-order chi connectivity index (χ0) is 19.4. The Morgan fingerprint density at radius 2 is 2.14 bits per heavy atom. The van der Waals surface area contributed by atoms with Gasteiger partial charge in [-0.15, -0.1) is 24.0 Å². The van der Waals surface area contributed by atoms with Gasteiger partial charge in [-0.2, -0.15) is 5.10 Å². The van der Waals surface area contributed by atoms with Gasteiger partial charge >= 0.3 is 0 Å². The van der Waals surface area contributed by atoms with Crippen LogP contribution in [0.3, 0.4) is 0 Å². The number of hydrogen-bond donors (Lipinski definition) is 2. The van der Waals surface area contributed by atoms with E-state index in [1.54, 1.807) is 13.2 Å². The van der Waals surface area contributed by atoms with Gasteiger partial charge < -0.3 is 20.1 Å². The van der Waals surface area contributed by atoms with Crippen molar-refractivity contribution in [3.05, 3.63) is 48.3 Å². The third-order valence-corrected chi connectivity index (χ3v) is 4.82. The normalized spacial score (nSPS) is 15.0. The predicted octanol–water partition coefficient (Wildman–Crippen LogP) is 2.99. The first-order valence-electron chi connectivity index (χ1n) is 10.0. The van der Waals surface area contributed by atoms with Gasteiger partial charge in [0, 0.05) is 59.0 Å². The predicted molar refractivity (Wildman–Crippen MR) is 126 cm³/mol. The van der Waals surface area contributed by atoms with Crippen LogP contribution in [0.1, 0.15) is 24.8 Å². The third kappa shape index (κ3) is 8.31. The fourth-order valence-electron chi connectivity index (χ4n) is 3.18. The molecule has 1 aliphatic heterocycles. The first kappa shape index (κ1) is 23.6. The van der Waals surface area contributed by atoms with Gasteiger partial charge in [0.25, 0.3) is 0 Å². The van der Waals surface area contributed by atoms with Crippen molar-refractivity contribution in [1.29, 1.82) is 0 Å². The minimum absolute atomic E-state index is 0. The highest BCUT2D eigenvalue weighted by Gasteiger charge is 2.13. The van der Waals surface area contributed by atoms with E-state index in [-0.39, 0.29) is 24.0 Å². The van der Waals surface area contributed by atoms with E-state index >= 15 is 0 Å². The van der Waals surface area contributed by atoms with Crippen molar-refractivity contribution in [3.63, 3.8) is 0 Å². The van der Waals surface area contributed by atoms with E-state index in [1.807, 2.05) is 29.1 Å². The van der Waals surface area contributed by atoms with Gasteiger partial charge in [0.05, 0.1) is 5.69 Å². The molecule has 8 heteroatoms. The monoisotopic (exact) mass is 513 g/mol. The molecule has 0 atom stereocenters.